The second-order valence-corrected chi connectivity index (χ2v) is 5.72. The Kier molecular flexibility index (Phi) is 3.96. The van der Waals surface area contributed by atoms with Crippen LogP contribution in [0.3, 0.4) is 0 Å². The zero-order valence-corrected chi connectivity index (χ0v) is 11.1. The second kappa shape index (κ2) is 5.85. The summed E-state index contributed by atoms with van der Waals surface area (Å²) in [6.45, 7) is 3.63. The van der Waals surface area contributed by atoms with Crippen LogP contribution in [0.25, 0.3) is 0 Å². The zero-order chi connectivity index (χ0) is 12.2. The molecule has 2 atom stereocenters. The molecule has 0 aliphatic carbocycles. The number of benzene rings is 1. The fraction of sp³-hybridized carbons (Fsp3) is 0.625. The van der Waals surface area contributed by atoms with Gasteiger partial charge in [0.1, 0.15) is 0 Å². The molecule has 2 aliphatic heterocycles. The van der Waals surface area contributed by atoms with E-state index in [9.17, 15) is 0 Å². The Morgan fingerprint density at radius 2 is 1.94 bits per heavy atom. The molecule has 98 valence electrons. The third kappa shape index (κ3) is 2.76. The van der Waals surface area contributed by atoms with Crippen LogP contribution >= 0.6 is 0 Å². The average molecular weight is 244 g/mol. The largest absolute Gasteiger partial charge is 0.312 e. The maximum absolute atomic E-state index is 3.70. The van der Waals surface area contributed by atoms with E-state index in [0.29, 0.717) is 0 Å². The minimum Gasteiger partial charge on any atom is -0.312 e. The summed E-state index contributed by atoms with van der Waals surface area (Å²) in [5.74, 6) is 0. The molecule has 2 aliphatic rings. The lowest BCUT2D eigenvalue weighted by molar-refractivity contribution is 0.112. The predicted molar refractivity (Wildman–Crippen MR) is 75.5 cm³/mol. The van der Waals surface area contributed by atoms with Gasteiger partial charge in [0.15, 0.2) is 0 Å². The second-order valence-electron chi connectivity index (χ2n) is 5.72. The van der Waals surface area contributed by atoms with Crippen molar-refractivity contribution in [2.24, 2.45) is 0 Å². The molecule has 2 fully saturated rings. The number of hydrogen-bond acceptors (Lipinski definition) is 2. The van der Waals surface area contributed by atoms with E-state index < -0.39 is 0 Å². The van der Waals surface area contributed by atoms with Gasteiger partial charge in [-0.3, -0.25) is 4.90 Å². The number of hydrogen-bond donors (Lipinski definition) is 1. The molecule has 2 unspecified atom stereocenters. The maximum Gasteiger partial charge on any atom is 0.0252 e. The van der Waals surface area contributed by atoms with E-state index in [1.54, 1.807) is 0 Å². The van der Waals surface area contributed by atoms with E-state index in [2.05, 4.69) is 40.5 Å². The first-order valence-corrected chi connectivity index (χ1v) is 7.45. The van der Waals surface area contributed by atoms with E-state index >= 15 is 0 Å². The quantitative estimate of drug-likeness (QED) is 0.879. The summed E-state index contributed by atoms with van der Waals surface area (Å²) in [4.78, 5) is 2.71. The van der Waals surface area contributed by atoms with Crippen LogP contribution < -0.4 is 5.32 Å². The van der Waals surface area contributed by atoms with Gasteiger partial charge in [0.05, 0.1) is 0 Å². The predicted octanol–water partition coefficient (Wildman–Crippen LogP) is 2.79. The Labute approximate surface area is 110 Å². The standard InChI is InChI=1S/C16H24N2/c1-2-7-14(8-3-1)13-18-12-5-4-10-16(18)15-9-6-11-17-15/h1-3,7-8,15-17H,4-6,9-13H2. The average Bonchev–Trinajstić information content (AvgIpc) is 2.94. The Hall–Kier alpha value is -0.860. The van der Waals surface area contributed by atoms with Gasteiger partial charge in [0, 0.05) is 18.6 Å². The van der Waals surface area contributed by atoms with Crippen molar-refractivity contribution in [3.05, 3.63) is 35.9 Å². The molecule has 3 rings (SSSR count). The number of rotatable bonds is 3. The summed E-state index contributed by atoms with van der Waals surface area (Å²) in [6, 6.07) is 12.4. The Bertz CT molecular complexity index is 357. The number of piperidine rings is 1. The van der Waals surface area contributed by atoms with Crippen molar-refractivity contribution in [2.45, 2.75) is 50.7 Å². The van der Waals surface area contributed by atoms with Gasteiger partial charge in [-0.25, -0.2) is 0 Å². The molecule has 1 aromatic rings. The van der Waals surface area contributed by atoms with Crippen LogP contribution in [0.4, 0.5) is 0 Å². The van der Waals surface area contributed by atoms with Gasteiger partial charge < -0.3 is 5.32 Å². The number of nitrogens with zero attached hydrogens (tertiary/aromatic N) is 1. The van der Waals surface area contributed by atoms with Crippen LogP contribution in [0.5, 0.6) is 0 Å². The Balaban J connectivity index is 1.67. The molecule has 0 bridgehead atoms. The van der Waals surface area contributed by atoms with Gasteiger partial charge in [-0.2, -0.15) is 0 Å². The van der Waals surface area contributed by atoms with Crippen LogP contribution in [0, 0.1) is 0 Å². The molecule has 1 N–H and O–H groups in total. The van der Waals surface area contributed by atoms with Gasteiger partial charge in [0.25, 0.3) is 0 Å². The topological polar surface area (TPSA) is 15.3 Å². The van der Waals surface area contributed by atoms with E-state index in [0.717, 1.165) is 18.6 Å². The molecular weight excluding hydrogens is 220 g/mol. The summed E-state index contributed by atoms with van der Waals surface area (Å²) in [5, 5.41) is 3.70. The van der Waals surface area contributed by atoms with E-state index in [1.165, 1.54) is 50.8 Å². The van der Waals surface area contributed by atoms with Crippen LogP contribution in [-0.2, 0) is 6.54 Å². The summed E-state index contributed by atoms with van der Waals surface area (Å²) < 4.78 is 0. The van der Waals surface area contributed by atoms with Crippen molar-refractivity contribution in [3.8, 4) is 0 Å². The zero-order valence-electron chi connectivity index (χ0n) is 11.1. The van der Waals surface area contributed by atoms with Gasteiger partial charge >= 0.3 is 0 Å². The summed E-state index contributed by atoms with van der Waals surface area (Å²) in [5.41, 5.74) is 1.46. The normalized spacial score (nSPS) is 29.6. The maximum atomic E-state index is 3.70. The molecule has 2 heterocycles. The van der Waals surface area contributed by atoms with Crippen LogP contribution in [0.15, 0.2) is 30.3 Å². The first-order chi connectivity index (χ1) is 8.93. The highest BCUT2D eigenvalue weighted by molar-refractivity contribution is 5.15. The van der Waals surface area contributed by atoms with E-state index in [4.69, 9.17) is 0 Å². The molecule has 0 aromatic heterocycles. The molecule has 2 nitrogen and oxygen atoms in total. The monoisotopic (exact) mass is 244 g/mol. The highest BCUT2D eigenvalue weighted by Crippen LogP contribution is 2.25. The first-order valence-electron chi connectivity index (χ1n) is 7.45. The van der Waals surface area contributed by atoms with Crippen molar-refractivity contribution in [3.63, 3.8) is 0 Å². The minimum atomic E-state index is 0.744. The molecule has 0 amide bonds. The third-order valence-electron chi connectivity index (χ3n) is 4.46. The lowest BCUT2D eigenvalue weighted by Crippen LogP contribution is -2.49. The Morgan fingerprint density at radius 3 is 2.72 bits per heavy atom. The molecule has 2 saturated heterocycles. The van der Waals surface area contributed by atoms with Crippen molar-refractivity contribution in [2.75, 3.05) is 13.1 Å². The summed E-state index contributed by atoms with van der Waals surface area (Å²) in [7, 11) is 0. The molecule has 18 heavy (non-hydrogen) atoms. The summed E-state index contributed by atoms with van der Waals surface area (Å²) >= 11 is 0. The lowest BCUT2D eigenvalue weighted by Gasteiger charge is -2.39. The smallest absolute Gasteiger partial charge is 0.0252 e. The van der Waals surface area contributed by atoms with Gasteiger partial charge in [-0.1, -0.05) is 36.8 Å². The van der Waals surface area contributed by atoms with Crippen molar-refractivity contribution in [1.82, 2.24) is 10.2 Å². The molecular formula is C16H24N2. The van der Waals surface area contributed by atoms with Crippen molar-refractivity contribution >= 4 is 0 Å². The fourth-order valence-corrected chi connectivity index (χ4v) is 3.53. The molecule has 0 radical (unpaired) electrons. The van der Waals surface area contributed by atoms with E-state index in [-0.39, 0.29) is 0 Å². The van der Waals surface area contributed by atoms with Crippen LogP contribution in [0.2, 0.25) is 0 Å². The minimum absolute atomic E-state index is 0.744. The third-order valence-corrected chi connectivity index (χ3v) is 4.46. The Morgan fingerprint density at radius 1 is 1.06 bits per heavy atom. The molecule has 0 spiro atoms. The van der Waals surface area contributed by atoms with Crippen LogP contribution in [0.1, 0.15) is 37.7 Å². The highest BCUT2D eigenvalue weighted by atomic mass is 15.2. The molecule has 0 saturated carbocycles. The molecule has 2 heteroatoms. The molecule has 1 aromatic carbocycles. The fourth-order valence-electron chi connectivity index (χ4n) is 3.53. The van der Waals surface area contributed by atoms with Gasteiger partial charge in [0.2, 0.25) is 0 Å². The lowest BCUT2D eigenvalue weighted by atomic mass is 9.94. The van der Waals surface area contributed by atoms with Gasteiger partial charge in [-0.05, 0) is 44.3 Å². The van der Waals surface area contributed by atoms with Crippen LogP contribution in [-0.4, -0.2) is 30.1 Å². The van der Waals surface area contributed by atoms with E-state index in [1.807, 2.05) is 0 Å². The first kappa shape index (κ1) is 12.2. The highest BCUT2D eigenvalue weighted by Gasteiger charge is 2.31. The summed E-state index contributed by atoms with van der Waals surface area (Å²) in [6.07, 6.45) is 6.89. The SMILES string of the molecule is c1ccc(CN2CCCCC2C2CCCN2)cc1. The number of likely N-dealkylation sites (tertiary alicyclic amines) is 1. The van der Waals surface area contributed by atoms with Gasteiger partial charge in [-0.15, -0.1) is 0 Å². The van der Waals surface area contributed by atoms with Crippen molar-refractivity contribution in [1.29, 1.82) is 0 Å². The number of nitrogens with one attached hydrogen (secondary N) is 1. The van der Waals surface area contributed by atoms with Crippen molar-refractivity contribution < 1.29 is 0 Å².